The van der Waals surface area contributed by atoms with Gasteiger partial charge < -0.3 is 9.80 Å². The van der Waals surface area contributed by atoms with Crippen LogP contribution in [0.5, 0.6) is 0 Å². The molecule has 0 aromatic carbocycles. The smallest absolute Gasteiger partial charge is 0.291 e. The SMILES string of the molecule is CCN1CCC(N(C)C(=O)c2ncn[nH]2)CC1. The summed E-state index contributed by atoms with van der Waals surface area (Å²) in [4.78, 5) is 20.1. The molecule has 0 radical (unpaired) electrons. The number of hydrogen-bond donors (Lipinski definition) is 1. The normalized spacial score (nSPS) is 18.2. The second-order valence-corrected chi connectivity index (χ2v) is 4.42. The molecule has 94 valence electrons. The van der Waals surface area contributed by atoms with Gasteiger partial charge in [-0.15, -0.1) is 0 Å². The van der Waals surface area contributed by atoms with E-state index in [0.29, 0.717) is 11.9 Å². The maximum Gasteiger partial charge on any atom is 0.291 e. The molecule has 0 aliphatic carbocycles. The Bertz CT molecular complexity index is 356. The number of piperidine rings is 1. The highest BCUT2D eigenvalue weighted by Gasteiger charge is 2.26. The van der Waals surface area contributed by atoms with Gasteiger partial charge in [-0.1, -0.05) is 6.92 Å². The van der Waals surface area contributed by atoms with Crippen LogP contribution in [0.3, 0.4) is 0 Å². The Morgan fingerprint density at radius 3 is 2.82 bits per heavy atom. The zero-order chi connectivity index (χ0) is 12.3. The summed E-state index contributed by atoms with van der Waals surface area (Å²) in [6.07, 6.45) is 3.43. The fourth-order valence-electron chi connectivity index (χ4n) is 2.26. The standard InChI is InChI=1S/C11H19N5O/c1-3-16-6-4-9(5-7-16)15(2)11(17)10-12-8-13-14-10/h8-9H,3-7H2,1-2H3,(H,12,13,14). The first kappa shape index (κ1) is 12.0. The number of likely N-dealkylation sites (tertiary alicyclic amines) is 1. The summed E-state index contributed by atoms with van der Waals surface area (Å²) >= 11 is 0. The monoisotopic (exact) mass is 237 g/mol. The van der Waals surface area contributed by atoms with E-state index in [0.717, 1.165) is 32.5 Å². The topological polar surface area (TPSA) is 65.1 Å². The van der Waals surface area contributed by atoms with E-state index in [2.05, 4.69) is 27.0 Å². The molecule has 1 aliphatic rings. The van der Waals surface area contributed by atoms with Gasteiger partial charge >= 0.3 is 0 Å². The second kappa shape index (κ2) is 5.27. The van der Waals surface area contributed by atoms with E-state index in [-0.39, 0.29) is 5.91 Å². The van der Waals surface area contributed by atoms with Crippen LogP contribution in [0.15, 0.2) is 6.33 Å². The lowest BCUT2D eigenvalue weighted by molar-refractivity contribution is 0.0635. The Labute approximate surface area is 101 Å². The first-order chi connectivity index (χ1) is 8.22. The van der Waals surface area contributed by atoms with Crippen LogP contribution in [-0.2, 0) is 0 Å². The van der Waals surface area contributed by atoms with Gasteiger partial charge in [0, 0.05) is 26.2 Å². The third kappa shape index (κ3) is 2.63. The highest BCUT2D eigenvalue weighted by molar-refractivity contribution is 5.90. The van der Waals surface area contributed by atoms with Gasteiger partial charge in [0.15, 0.2) is 0 Å². The van der Waals surface area contributed by atoms with Crippen molar-refractivity contribution < 1.29 is 4.79 Å². The lowest BCUT2D eigenvalue weighted by Crippen LogP contribution is -2.45. The van der Waals surface area contributed by atoms with Gasteiger partial charge in [0.25, 0.3) is 5.91 Å². The van der Waals surface area contributed by atoms with Crippen LogP contribution in [0.1, 0.15) is 30.4 Å². The number of amides is 1. The van der Waals surface area contributed by atoms with Crippen molar-refractivity contribution in [2.24, 2.45) is 0 Å². The average molecular weight is 237 g/mol. The Morgan fingerprint density at radius 1 is 1.59 bits per heavy atom. The number of nitrogens with zero attached hydrogens (tertiary/aromatic N) is 4. The molecule has 1 fully saturated rings. The van der Waals surface area contributed by atoms with Crippen molar-refractivity contribution in [1.29, 1.82) is 0 Å². The summed E-state index contributed by atoms with van der Waals surface area (Å²) in [7, 11) is 1.84. The van der Waals surface area contributed by atoms with Crippen molar-refractivity contribution in [2.45, 2.75) is 25.8 Å². The molecule has 1 N–H and O–H groups in total. The molecule has 1 aliphatic heterocycles. The van der Waals surface area contributed by atoms with Crippen molar-refractivity contribution in [3.63, 3.8) is 0 Å². The summed E-state index contributed by atoms with van der Waals surface area (Å²) in [5.41, 5.74) is 0. The summed E-state index contributed by atoms with van der Waals surface area (Å²) in [5, 5.41) is 6.32. The van der Waals surface area contributed by atoms with Gasteiger partial charge in [-0.25, -0.2) is 4.98 Å². The highest BCUT2D eigenvalue weighted by Crippen LogP contribution is 2.16. The van der Waals surface area contributed by atoms with Crippen molar-refractivity contribution in [2.75, 3.05) is 26.7 Å². The Hall–Kier alpha value is -1.43. The number of carbonyl (C=O) groups excluding carboxylic acids is 1. The minimum absolute atomic E-state index is 0.0718. The van der Waals surface area contributed by atoms with E-state index in [1.807, 2.05) is 7.05 Å². The molecule has 2 rings (SSSR count). The highest BCUT2D eigenvalue weighted by atomic mass is 16.2. The number of nitrogens with one attached hydrogen (secondary N) is 1. The van der Waals surface area contributed by atoms with E-state index in [1.54, 1.807) is 4.90 Å². The molecule has 0 unspecified atom stereocenters. The lowest BCUT2D eigenvalue weighted by atomic mass is 10.0. The summed E-state index contributed by atoms with van der Waals surface area (Å²) < 4.78 is 0. The number of aromatic amines is 1. The number of aromatic nitrogens is 3. The van der Waals surface area contributed by atoms with E-state index in [9.17, 15) is 4.79 Å². The maximum absolute atomic E-state index is 12.0. The molecule has 6 heteroatoms. The van der Waals surface area contributed by atoms with Gasteiger partial charge in [-0.3, -0.25) is 9.89 Å². The molecule has 6 nitrogen and oxygen atoms in total. The molecule has 0 saturated carbocycles. The van der Waals surface area contributed by atoms with Crippen molar-refractivity contribution in [3.8, 4) is 0 Å². The predicted molar refractivity (Wildman–Crippen MR) is 63.6 cm³/mol. The molecular formula is C11H19N5O. The number of carbonyl (C=O) groups is 1. The van der Waals surface area contributed by atoms with Crippen molar-refractivity contribution in [3.05, 3.63) is 12.2 Å². The van der Waals surface area contributed by atoms with E-state index >= 15 is 0 Å². The molecule has 1 saturated heterocycles. The number of H-pyrrole nitrogens is 1. The third-order valence-electron chi connectivity index (χ3n) is 3.49. The Morgan fingerprint density at radius 2 is 2.29 bits per heavy atom. The molecule has 1 aromatic rings. The van der Waals surface area contributed by atoms with Crippen LogP contribution in [0.2, 0.25) is 0 Å². The average Bonchev–Trinajstić information content (AvgIpc) is 2.91. The minimum Gasteiger partial charge on any atom is -0.336 e. The van der Waals surface area contributed by atoms with E-state index < -0.39 is 0 Å². The van der Waals surface area contributed by atoms with Crippen LogP contribution in [0.4, 0.5) is 0 Å². The maximum atomic E-state index is 12.0. The number of rotatable bonds is 3. The fourth-order valence-corrected chi connectivity index (χ4v) is 2.26. The molecule has 0 atom stereocenters. The molecular weight excluding hydrogens is 218 g/mol. The molecule has 17 heavy (non-hydrogen) atoms. The Balaban J connectivity index is 1.92. The molecule has 0 spiro atoms. The molecule has 2 heterocycles. The molecule has 1 amide bonds. The zero-order valence-corrected chi connectivity index (χ0v) is 10.4. The van der Waals surface area contributed by atoms with Gasteiger partial charge in [-0.05, 0) is 19.4 Å². The third-order valence-corrected chi connectivity index (χ3v) is 3.49. The summed E-state index contributed by atoms with van der Waals surface area (Å²) in [6, 6.07) is 0.315. The first-order valence-corrected chi connectivity index (χ1v) is 6.07. The van der Waals surface area contributed by atoms with E-state index in [1.165, 1.54) is 6.33 Å². The van der Waals surface area contributed by atoms with Crippen LogP contribution in [0.25, 0.3) is 0 Å². The number of hydrogen-bond acceptors (Lipinski definition) is 4. The van der Waals surface area contributed by atoms with Crippen LogP contribution >= 0.6 is 0 Å². The Kier molecular flexibility index (Phi) is 3.73. The predicted octanol–water partition coefficient (Wildman–Crippen LogP) is 0.361. The largest absolute Gasteiger partial charge is 0.336 e. The lowest BCUT2D eigenvalue weighted by Gasteiger charge is -2.35. The summed E-state index contributed by atoms with van der Waals surface area (Å²) in [5.74, 6) is 0.253. The van der Waals surface area contributed by atoms with Gasteiger partial charge in [0.1, 0.15) is 6.33 Å². The second-order valence-electron chi connectivity index (χ2n) is 4.42. The fraction of sp³-hybridized carbons (Fsp3) is 0.727. The minimum atomic E-state index is -0.0718. The van der Waals surface area contributed by atoms with Crippen molar-refractivity contribution in [1.82, 2.24) is 25.0 Å². The molecule has 0 bridgehead atoms. The molecule has 1 aromatic heterocycles. The zero-order valence-electron chi connectivity index (χ0n) is 10.4. The van der Waals surface area contributed by atoms with Crippen molar-refractivity contribution >= 4 is 5.91 Å². The van der Waals surface area contributed by atoms with Crippen LogP contribution in [0, 0.1) is 0 Å². The van der Waals surface area contributed by atoms with Gasteiger partial charge in [0.05, 0.1) is 0 Å². The first-order valence-electron chi connectivity index (χ1n) is 6.07. The quantitative estimate of drug-likeness (QED) is 0.824. The van der Waals surface area contributed by atoms with Gasteiger partial charge in [0.2, 0.25) is 5.82 Å². The van der Waals surface area contributed by atoms with Crippen LogP contribution < -0.4 is 0 Å². The van der Waals surface area contributed by atoms with Gasteiger partial charge in [-0.2, -0.15) is 5.10 Å². The summed E-state index contributed by atoms with van der Waals surface area (Å²) in [6.45, 7) is 5.39. The van der Waals surface area contributed by atoms with Crippen LogP contribution in [-0.4, -0.2) is 63.6 Å². The van der Waals surface area contributed by atoms with E-state index in [4.69, 9.17) is 0 Å².